The van der Waals surface area contributed by atoms with E-state index >= 15 is 0 Å². The fourth-order valence-electron chi connectivity index (χ4n) is 2.39. The van der Waals surface area contributed by atoms with Crippen molar-refractivity contribution in [2.75, 3.05) is 0 Å². The SMILES string of the molecule is CC(C)(C)[Si](O)(c1ccccc1)c1ccccc1.[C-]#CO.[U]. The molecule has 0 bridgehead atoms. The van der Waals surface area contributed by atoms with E-state index in [1.165, 1.54) is 0 Å². The standard InChI is InChI=1S/C16H20OSi.C2HO.U/c1-16(2,3)18(17,14-10-6-4-7-11-14)15-12-8-5-9-13-15;1-2-3;/h4-13,17H,1-3H3;3H;/q;-1;. The Morgan fingerprint density at radius 2 is 1.14 bits per heavy atom. The van der Waals surface area contributed by atoms with Crippen molar-refractivity contribution in [2.45, 2.75) is 25.8 Å². The van der Waals surface area contributed by atoms with Crippen molar-refractivity contribution in [2.24, 2.45) is 0 Å². The van der Waals surface area contributed by atoms with Gasteiger partial charge >= 0.3 is 0 Å². The number of benzene rings is 2. The van der Waals surface area contributed by atoms with Crippen LogP contribution < -0.4 is 10.4 Å². The molecule has 0 spiro atoms. The van der Waals surface area contributed by atoms with Crippen LogP contribution in [-0.4, -0.2) is 18.2 Å². The number of aliphatic hydroxyl groups is 1. The molecule has 0 amide bonds. The van der Waals surface area contributed by atoms with Crippen molar-refractivity contribution in [3.05, 3.63) is 67.1 Å². The summed E-state index contributed by atoms with van der Waals surface area (Å²) in [5, 5.41) is 8.99. The number of hydrogen-bond acceptors (Lipinski definition) is 2. The van der Waals surface area contributed by atoms with E-state index in [1.807, 2.05) is 60.7 Å². The van der Waals surface area contributed by atoms with Crippen LogP contribution in [0.25, 0.3) is 0 Å². The molecular formula is C18H21O2SiU-. The molecular weight excluding hydrogens is 514 g/mol. The Hall–Kier alpha value is -0.971. The summed E-state index contributed by atoms with van der Waals surface area (Å²) in [6.45, 7) is 6.37. The quantitative estimate of drug-likeness (QED) is 0.353. The summed E-state index contributed by atoms with van der Waals surface area (Å²) in [7, 11) is -2.70. The van der Waals surface area contributed by atoms with Gasteiger partial charge in [0, 0.05) is 31.1 Å². The van der Waals surface area contributed by atoms with E-state index in [0.29, 0.717) is 0 Å². The van der Waals surface area contributed by atoms with Crippen LogP contribution >= 0.6 is 0 Å². The van der Waals surface area contributed by atoms with Gasteiger partial charge < -0.3 is 16.3 Å². The first kappa shape index (κ1) is 21.0. The summed E-state index contributed by atoms with van der Waals surface area (Å²) in [6.07, 6.45) is 6.51. The monoisotopic (exact) mass is 535 g/mol. The van der Waals surface area contributed by atoms with E-state index in [0.717, 1.165) is 16.5 Å². The number of aliphatic hydroxyl groups excluding tert-OH is 1. The predicted octanol–water partition coefficient (Wildman–Crippen LogP) is 2.44. The normalized spacial score (nSPS) is 10.5. The molecule has 0 heterocycles. The smallest absolute Gasteiger partial charge is 0.258 e. The fraction of sp³-hybridized carbons (Fsp3) is 0.222. The van der Waals surface area contributed by atoms with Crippen LogP contribution in [0.1, 0.15) is 20.8 Å². The molecule has 0 saturated carbocycles. The van der Waals surface area contributed by atoms with Crippen molar-refractivity contribution < 1.29 is 41.0 Å². The fourth-order valence-corrected chi connectivity index (χ4v) is 5.81. The second kappa shape index (κ2) is 9.23. The summed E-state index contributed by atoms with van der Waals surface area (Å²) < 4.78 is 0. The Balaban J connectivity index is 0.00000102. The Kier molecular flexibility index (Phi) is 8.82. The molecule has 0 radical (unpaired) electrons. The molecule has 0 aliphatic heterocycles. The Morgan fingerprint density at radius 3 is 1.36 bits per heavy atom. The number of hydrogen-bond donors (Lipinski definition) is 2. The molecule has 2 aromatic rings. The first-order valence-corrected chi connectivity index (χ1v) is 8.72. The molecule has 0 atom stereocenters. The Morgan fingerprint density at radius 1 is 0.864 bits per heavy atom. The van der Waals surface area contributed by atoms with E-state index in [4.69, 9.17) is 11.5 Å². The van der Waals surface area contributed by atoms with Crippen LogP contribution in [-0.2, 0) is 0 Å². The molecule has 2 aromatic carbocycles. The van der Waals surface area contributed by atoms with Crippen LogP contribution in [0.2, 0.25) is 5.04 Å². The third-order valence-corrected chi connectivity index (χ3v) is 7.98. The Bertz CT molecular complexity index is 546. The zero-order valence-electron chi connectivity index (χ0n) is 13.2. The van der Waals surface area contributed by atoms with Crippen molar-refractivity contribution in [1.29, 1.82) is 0 Å². The molecule has 0 aromatic heterocycles. The first-order chi connectivity index (χ1) is 9.87. The maximum Gasteiger partial charge on any atom is 0.258 e. The van der Waals surface area contributed by atoms with Crippen LogP contribution in [0.3, 0.4) is 0 Å². The van der Waals surface area contributed by atoms with E-state index in [-0.39, 0.29) is 36.2 Å². The predicted molar refractivity (Wildman–Crippen MR) is 88.9 cm³/mol. The van der Waals surface area contributed by atoms with Crippen molar-refractivity contribution in [3.63, 3.8) is 0 Å². The molecule has 22 heavy (non-hydrogen) atoms. The van der Waals surface area contributed by atoms with Gasteiger partial charge in [0.05, 0.1) is 0 Å². The summed E-state index contributed by atoms with van der Waals surface area (Å²) in [5.74, 6) is 0. The third kappa shape index (κ3) is 4.76. The molecule has 114 valence electrons. The molecule has 0 unspecified atom stereocenters. The van der Waals surface area contributed by atoms with Gasteiger partial charge in [-0.25, -0.2) is 0 Å². The van der Waals surface area contributed by atoms with Gasteiger partial charge in [0.1, 0.15) is 0 Å². The molecule has 0 saturated heterocycles. The second-order valence-corrected chi connectivity index (χ2v) is 9.88. The maximum atomic E-state index is 11.4. The van der Waals surface area contributed by atoms with E-state index < -0.39 is 8.32 Å². The van der Waals surface area contributed by atoms with E-state index in [2.05, 4.69) is 20.8 Å². The van der Waals surface area contributed by atoms with Gasteiger partial charge in [-0.15, -0.1) is 0 Å². The van der Waals surface area contributed by atoms with Crippen molar-refractivity contribution in [3.8, 4) is 6.11 Å². The first-order valence-electron chi connectivity index (χ1n) is 6.77. The molecule has 4 heteroatoms. The average Bonchev–Trinajstić information content (AvgIpc) is 2.48. The minimum absolute atomic E-state index is 0. The van der Waals surface area contributed by atoms with E-state index in [1.54, 1.807) is 0 Å². The summed E-state index contributed by atoms with van der Waals surface area (Å²) >= 11 is 0. The molecule has 2 rings (SSSR count). The largest absolute Gasteiger partial charge is 0.648 e. The van der Waals surface area contributed by atoms with Gasteiger partial charge in [0.25, 0.3) is 8.32 Å². The molecule has 2 N–H and O–H groups in total. The molecule has 2 nitrogen and oxygen atoms in total. The summed E-state index contributed by atoms with van der Waals surface area (Å²) in [6, 6.07) is 20.2. The molecule has 0 aliphatic carbocycles. The molecule has 0 aliphatic rings. The zero-order chi connectivity index (χ0) is 15.9. The van der Waals surface area contributed by atoms with Crippen molar-refractivity contribution in [1.82, 2.24) is 0 Å². The second-order valence-electron chi connectivity index (χ2n) is 5.80. The van der Waals surface area contributed by atoms with Crippen LogP contribution in [0.15, 0.2) is 60.7 Å². The zero-order valence-corrected chi connectivity index (χ0v) is 18.3. The van der Waals surface area contributed by atoms with Gasteiger partial charge in [0.2, 0.25) is 0 Å². The van der Waals surface area contributed by atoms with Gasteiger partial charge in [-0.2, -0.15) is 6.11 Å². The summed E-state index contributed by atoms with van der Waals surface area (Å²) in [5.41, 5.74) is 0. The minimum Gasteiger partial charge on any atom is -0.648 e. The van der Waals surface area contributed by atoms with Crippen LogP contribution in [0.4, 0.5) is 0 Å². The number of rotatable bonds is 2. The van der Waals surface area contributed by atoms with Crippen molar-refractivity contribution >= 4 is 18.7 Å². The topological polar surface area (TPSA) is 40.5 Å². The summed E-state index contributed by atoms with van der Waals surface area (Å²) in [4.78, 5) is 11.4. The van der Waals surface area contributed by atoms with Gasteiger partial charge in [-0.3, -0.25) is 0 Å². The third-order valence-electron chi connectivity index (χ3n) is 3.47. The minimum atomic E-state index is -2.70. The van der Waals surface area contributed by atoms with Gasteiger partial charge in [-0.1, -0.05) is 81.4 Å². The van der Waals surface area contributed by atoms with Crippen LogP contribution in [0, 0.1) is 43.6 Å². The van der Waals surface area contributed by atoms with E-state index in [9.17, 15) is 4.80 Å². The molecule has 0 fully saturated rings. The van der Waals surface area contributed by atoms with Gasteiger partial charge in [-0.05, 0) is 15.4 Å². The van der Waals surface area contributed by atoms with Gasteiger partial charge in [0.15, 0.2) is 0 Å². The Labute approximate surface area is 158 Å². The maximum absolute atomic E-state index is 11.4. The average molecular weight is 535 g/mol. The van der Waals surface area contributed by atoms with Crippen LogP contribution in [0.5, 0.6) is 0 Å².